The van der Waals surface area contributed by atoms with Gasteiger partial charge in [-0.2, -0.15) is 17.0 Å². The van der Waals surface area contributed by atoms with Gasteiger partial charge in [0, 0.05) is 45.8 Å². The van der Waals surface area contributed by atoms with Gasteiger partial charge in [-0.1, -0.05) is 6.92 Å². The van der Waals surface area contributed by atoms with Gasteiger partial charge in [0.2, 0.25) is 0 Å². The van der Waals surface area contributed by atoms with Crippen LogP contribution in [-0.2, 0) is 16.6 Å². The Balaban J connectivity index is 2.08. The van der Waals surface area contributed by atoms with Crippen LogP contribution < -0.4 is 4.74 Å². The predicted octanol–water partition coefficient (Wildman–Crippen LogP) is 0.822. The van der Waals surface area contributed by atoms with E-state index in [0.29, 0.717) is 31.7 Å². The summed E-state index contributed by atoms with van der Waals surface area (Å²) in [7, 11) is 1.21. The second-order valence-corrected chi connectivity index (χ2v) is 8.00. The van der Waals surface area contributed by atoms with Crippen molar-refractivity contribution in [1.82, 2.24) is 13.5 Å². The zero-order valence-electron chi connectivity index (χ0n) is 14.7. The number of piperazine rings is 1. The van der Waals surface area contributed by atoms with Crippen LogP contribution in [0.15, 0.2) is 18.2 Å². The summed E-state index contributed by atoms with van der Waals surface area (Å²) >= 11 is 0. The van der Waals surface area contributed by atoms with E-state index in [0.717, 1.165) is 17.7 Å². The maximum Gasteiger partial charge on any atom is 0.281 e. The molecule has 0 saturated carbocycles. The second-order valence-electron chi connectivity index (χ2n) is 5.86. The summed E-state index contributed by atoms with van der Waals surface area (Å²) in [6, 6.07) is 5.41. The number of carbonyl (C=O) groups excluding carboxylic acids is 1. The summed E-state index contributed by atoms with van der Waals surface area (Å²) in [4.78, 5) is 14.4. The topological polar surface area (TPSA) is 70.2 Å². The first-order valence-corrected chi connectivity index (χ1v) is 9.34. The fourth-order valence-electron chi connectivity index (χ4n) is 2.72. The number of ether oxygens (including phenoxy) is 1. The lowest BCUT2D eigenvalue weighted by molar-refractivity contribution is 0.0695. The van der Waals surface area contributed by atoms with Crippen LogP contribution in [-0.4, -0.2) is 75.2 Å². The van der Waals surface area contributed by atoms with E-state index in [1.165, 1.54) is 22.7 Å². The second kappa shape index (κ2) is 7.50. The van der Waals surface area contributed by atoms with Gasteiger partial charge in [-0.05, 0) is 30.2 Å². The first-order chi connectivity index (χ1) is 11.3. The number of carbonyl (C=O) groups is 1. The molecule has 0 atom stereocenters. The molecule has 1 heterocycles. The maximum atomic E-state index is 12.7. The van der Waals surface area contributed by atoms with Crippen LogP contribution >= 0.6 is 0 Å². The number of benzene rings is 1. The van der Waals surface area contributed by atoms with Gasteiger partial charge in [0.1, 0.15) is 5.75 Å². The molecule has 0 aliphatic carbocycles. The smallest absolute Gasteiger partial charge is 0.281 e. The van der Waals surface area contributed by atoms with Crippen LogP contribution in [0.2, 0.25) is 0 Å². The Bertz CT molecular complexity index is 695. The normalized spacial score (nSPS) is 16.5. The summed E-state index contributed by atoms with van der Waals surface area (Å²) in [6.07, 6.45) is 0.777. The molecule has 1 aromatic carbocycles. The molecule has 1 aromatic rings. The molecule has 2 rings (SSSR count). The third-order valence-corrected chi connectivity index (χ3v) is 6.16. The lowest BCUT2D eigenvalue weighted by atomic mass is 10.1. The highest BCUT2D eigenvalue weighted by Gasteiger charge is 2.30. The molecule has 8 heteroatoms. The molecular formula is C16H25N3O4S. The monoisotopic (exact) mass is 355 g/mol. The Morgan fingerprint density at radius 1 is 1.21 bits per heavy atom. The molecule has 24 heavy (non-hydrogen) atoms. The van der Waals surface area contributed by atoms with Crippen LogP contribution in [0.5, 0.6) is 5.75 Å². The van der Waals surface area contributed by atoms with Gasteiger partial charge >= 0.3 is 0 Å². The fraction of sp³-hybridized carbons (Fsp3) is 0.562. The van der Waals surface area contributed by atoms with Gasteiger partial charge < -0.3 is 9.64 Å². The zero-order chi connectivity index (χ0) is 17.9. The number of rotatable bonds is 5. The van der Waals surface area contributed by atoms with E-state index in [-0.39, 0.29) is 5.91 Å². The van der Waals surface area contributed by atoms with Crippen molar-refractivity contribution in [3.8, 4) is 5.75 Å². The minimum Gasteiger partial charge on any atom is -0.496 e. The number of hydrogen-bond acceptors (Lipinski definition) is 4. The molecule has 0 bridgehead atoms. The van der Waals surface area contributed by atoms with E-state index >= 15 is 0 Å². The molecule has 7 nitrogen and oxygen atoms in total. The van der Waals surface area contributed by atoms with Crippen LogP contribution in [0, 0.1) is 0 Å². The van der Waals surface area contributed by atoms with Crippen molar-refractivity contribution in [2.24, 2.45) is 0 Å². The number of nitrogens with zero attached hydrogens (tertiary/aromatic N) is 3. The van der Waals surface area contributed by atoms with E-state index in [4.69, 9.17) is 4.74 Å². The van der Waals surface area contributed by atoms with E-state index < -0.39 is 10.2 Å². The Labute approximate surface area is 144 Å². The van der Waals surface area contributed by atoms with Crippen molar-refractivity contribution < 1.29 is 17.9 Å². The maximum absolute atomic E-state index is 12.7. The summed E-state index contributed by atoms with van der Waals surface area (Å²) in [6.45, 7) is 3.40. The molecule has 0 unspecified atom stereocenters. The average Bonchev–Trinajstić information content (AvgIpc) is 2.60. The Hall–Kier alpha value is -1.64. The molecular weight excluding hydrogens is 330 g/mol. The Morgan fingerprint density at radius 3 is 2.33 bits per heavy atom. The Morgan fingerprint density at radius 2 is 1.83 bits per heavy atom. The summed E-state index contributed by atoms with van der Waals surface area (Å²) in [5.74, 6) is 0.699. The highest BCUT2D eigenvalue weighted by atomic mass is 32.2. The van der Waals surface area contributed by atoms with E-state index in [9.17, 15) is 13.2 Å². The SMILES string of the molecule is CCc1cc(C(=O)N2CCN(S(=O)(=O)N(C)C)CC2)ccc1OC. The van der Waals surface area contributed by atoms with E-state index in [1.807, 2.05) is 13.0 Å². The molecule has 1 amide bonds. The highest BCUT2D eigenvalue weighted by Crippen LogP contribution is 2.22. The number of methoxy groups -OCH3 is 1. The standard InChI is InChI=1S/C16H25N3O4S/c1-5-13-12-14(6-7-15(13)23-4)16(20)18-8-10-19(11-9-18)24(21,22)17(2)3/h6-7,12H,5,8-11H2,1-4H3. The lowest BCUT2D eigenvalue weighted by Gasteiger charge is -2.35. The lowest BCUT2D eigenvalue weighted by Crippen LogP contribution is -2.53. The quantitative estimate of drug-likeness (QED) is 0.784. The van der Waals surface area contributed by atoms with Gasteiger partial charge in [-0.3, -0.25) is 4.79 Å². The first kappa shape index (κ1) is 18.7. The van der Waals surface area contributed by atoms with Crippen molar-refractivity contribution in [3.05, 3.63) is 29.3 Å². The molecule has 0 aromatic heterocycles. The molecule has 134 valence electrons. The van der Waals surface area contributed by atoms with Crippen LogP contribution in [0.4, 0.5) is 0 Å². The van der Waals surface area contributed by atoms with E-state index in [1.54, 1.807) is 24.1 Å². The predicted molar refractivity (Wildman–Crippen MR) is 92.5 cm³/mol. The fourth-order valence-corrected chi connectivity index (χ4v) is 3.81. The Kier molecular flexibility index (Phi) is 5.84. The van der Waals surface area contributed by atoms with Crippen molar-refractivity contribution in [2.75, 3.05) is 47.4 Å². The highest BCUT2D eigenvalue weighted by molar-refractivity contribution is 7.86. The largest absolute Gasteiger partial charge is 0.496 e. The van der Waals surface area contributed by atoms with Crippen LogP contribution in [0.1, 0.15) is 22.8 Å². The minimum atomic E-state index is -3.42. The zero-order valence-corrected chi connectivity index (χ0v) is 15.5. The molecule has 1 saturated heterocycles. The minimum absolute atomic E-state index is 0.0748. The van der Waals surface area contributed by atoms with Crippen molar-refractivity contribution in [1.29, 1.82) is 0 Å². The van der Waals surface area contributed by atoms with Gasteiger partial charge in [0.25, 0.3) is 16.1 Å². The van der Waals surface area contributed by atoms with Gasteiger partial charge in [0.15, 0.2) is 0 Å². The van der Waals surface area contributed by atoms with Crippen molar-refractivity contribution >= 4 is 16.1 Å². The number of hydrogen-bond donors (Lipinski definition) is 0. The van der Waals surface area contributed by atoms with Crippen molar-refractivity contribution in [2.45, 2.75) is 13.3 Å². The molecule has 0 radical (unpaired) electrons. The molecule has 0 N–H and O–H groups in total. The number of amides is 1. The summed E-state index contributed by atoms with van der Waals surface area (Å²) in [5, 5.41) is 0. The van der Waals surface area contributed by atoms with E-state index in [2.05, 4.69) is 0 Å². The average molecular weight is 355 g/mol. The molecule has 1 aliphatic rings. The summed E-state index contributed by atoms with van der Waals surface area (Å²) < 4.78 is 32.1. The molecule has 0 spiro atoms. The van der Waals surface area contributed by atoms with Gasteiger partial charge in [-0.15, -0.1) is 0 Å². The molecule has 1 aliphatic heterocycles. The third-order valence-electron chi connectivity index (χ3n) is 4.22. The third kappa shape index (κ3) is 3.71. The van der Waals surface area contributed by atoms with Gasteiger partial charge in [0.05, 0.1) is 7.11 Å². The van der Waals surface area contributed by atoms with Crippen molar-refractivity contribution in [3.63, 3.8) is 0 Å². The summed E-state index contributed by atoms with van der Waals surface area (Å²) in [5.41, 5.74) is 1.59. The first-order valence-electron chi connectivity index (χ1n) is 7.95. The number of aryl methyl sites for hydroxylation is 1. The molecule has 1 fully saturated rings. The van der Waals surface area contributed by atoms with Crippen LogP contribution in [0.25, 0.3) is 0 Å². The van der Waals surface area contributed by atoms with Crippen LogP contribution in [0.3, 0.4) is 0 Å². The van der Waals surface area contributed by atoms with Gasteiger partial charge in [-0.25, -0.2) is 0 Å².